The minimum atomic E-state index is -3.88. The molecule has 1 aromatic heterocycles. The van der Waals surface area contributed by atoms with Crippen LogP contribution < -0.4 is 16.6 Å². The summed E-state index contributed by atoms with van der Waals surface area (Å²) in [6.45, 7) is -4.87. The highest BCUT2D eigenvalue weighted by atomic mass is 16.2. The smallest absolute Gasteiger partial charge is 0.264 e. The molecule has 1 fully saturated rings. The lowest BCUT2D eigenvalue weighted by atomic mass is 9.90. The van der Waals surface area contributed by atoms with E-state index in [0.717, 1.165) is 0 Å². The lowest BCUT2D eigenvalue weighted by molar-refractivity contribution is -0.140. The summed E-state index contributed by atoms with van der Waals surface area (Å²) in [4.78, 5) is 42.5. The quantitative estimate of drug-likeness (QED) is 0.587. The van der Waals surface area contributed by atoms with Crippen molar-refractivity contribution in [1.29, 1.82) is 0 Å². The molecule has 2 amide bonds. The molecule has 1 atom stereocenters. The summed E-state index contributed by atoms with van der Waals surface area (Å²) >= 11 is 0. The maximum absolute atomic E-state index is 13.5. The first-order valence-electron chi connectivity index (χ1n) is 11.6. The minimum absolute atomic E-state index is 0.0339. The van der Waals surface area contributed by atoms with Gasteiger partial charge in [-0.25, -0.2) is 4.98 Å². The van der Waals surface area contributed by atoms with Crippen LogP contribution in [0.4, 0.5) is 5.69 Å². The maximum Gasteiger partial charge on any atom is 0.264 e. The van der Waals surface area contributed by atoms with Crippen molar-refractivity contribution in [3.63, 3.8) is 0 Å². The van der Waals surface area contributed by atoms with Gasteiger partial charge in [-0.1, -0.05) is 6.04 Å². The number of carbonyl (C=O) groups is 2. The van der Waals surface area contributed by atoms with Crippen LogP contribution in [-0.2, 0) is 15.1 Å². The first-order valence-corrected chi connectivity index (χ1v) is 5.87. The first-order chi connectivity index (χ1) is 14.9. The van der Waals surface area contributed by atoms with Gasteiger partial charge in [-0.2, -0.15) is 0 Å². The number of fused-ring (bicyclic) bond motifs is 1. The zero-order chi connectivity index (χ0) is 25.5. The predicted octanol–water partition coefficient (Wildman–Crippen LogP) is 0.439. The third-order valence-electron chi connectivity index (χ3n) is 3.05. The van der Waals surface area contributed by atoms with Crippen LogP contribution in [0.3, 0.4) is 0 Å². The largest absolute Gasteiger partial charge is 0.398 e. The Hall–Kier alpha value is -2.70. The molecule has 2 aromatic rings. The average Bonchev–Trinajstić information content (AvgIpc) is 2.69. The van der Waals surface area contributed by atoms with Crippen molar-refractivity contribution in [2.75, 3.05) is 5.73 Å². The number of piperidine rings is 1. The number of rotatable bonds is 1. The van der Waals surface area contributed by atoms with Crippen LogP contribution in [0, 0.1) is 6.90 Å². The number of imide groups is 1. The van der Waals surface area contributed by atoms with Crippen LogP contribution in [0.5, 0.6) is 0 Å². The Kier molecular flexibility index (Phi) is 1.31. The van der Waals surface area contributed by atoms with E-state index in [1.165, 1.54) is 5.32 Å². The van der Waals surface area contributed by atoms with Crippen LogP contribution in [0.15, 0.2) is 22.9 Å². The Labute approximate surface area is 141 Å². The van der Waals surface area contributed by atoms with E-state index in [-0.39, 0.29) is 4.57 Å². The zero-order valence-electron chi connectivity index (χ0n) is 21.9. The molecule has 7 nitrogen and oxygen atoms in total. The molecule has 0 saturated carbocycles. The Morgan fingerprint density at radius 3 is 3.05 bits per heavy atom. The van der Waals surface area contributed by atoms with Crippen molar-refractivity contribution in [1.82, 2.24) is 14.9 Å². The number of nitrogen functional groups attached to an aromatic ring is 1. The number of nitrogens with two attached hydrogens (primary N) is 1. The van der Waals surface area contributed by atoms with Gasteiger partial charge in [-0.3, -0.25) is 24.3 Å². The van der Waals surface area contributed by atoms with Gasteiger partial charge in [0.25, 0.3) is 11.5 Å². The summed E-state index contributed by atoms with van der Waals surface area (Å²) in [5.41, 5.74) is -0.839. The second kappa shape index (κ2) is 4.66. The molecular weight excluding hydrogens is 284 g/mol. The van der Waals surface area contributed by atoms with Crippen LogP contribution >= 0.6 is 0 Å². The molecule has 2 heterocycles. The molecule has 7 heteroatoms. The standard InChI is InChI=1S/C15H16N4O3/c1-8-17-10-5-3-4-9(16)12(10)13(21)19(8)15(2)7-6-11(20)18-14(15)22/h3-5H,6-7,16H2,1-2H3,(H,18,20,22)/i1D,2D3,3D,4D,5D,6D2,7D2. The fourth-order valence-corrected chi connectivity index (χ4v) is 2.05. The molecule has 22 heavy (non-hydrogen) atoms. The number of nitrogens with zero attached hydrogens (tertiary/aromatic N) is 2. The topological polar surface area (TPSA) is 107 Å². The number of hydrogen-bond donors (Lipinski definition) is 2. The molecule has 1 aliphatic heterocycles. The number of aromatic nitrogens is 2. The van der Waals surface area contributed by atoms with Gasteiger partial charge in [-0.05, 0) is 32.2 Å². The Morgan fingerprint density at radius 1 is 1.50 bits per heavy atom. The van der Waals surface area contributed by atoms with Crippen molar-refractivity contribution < 1.29 is 24.7 Å². The fourth-order valence-electron chi connectivity index (χ4n) is 2.05. The Bertz CT molecular complexity index is 1290. The number of anilines is 1. The van der Waals surface area contributed by atoms with Gasteiger partial charge in [0.1, 0.15) is 11.4 Å². The SMILES string of the molecule is [2H]Cc1nc2c([2H])c([2H])c([2H])c(N)c2c(=O)n1C1(C([2H])([2H])[2H])C(=O)NC(=O)C([2H])([2H])C1([2H])[2H]. The van der Waals surface area contributed by atoms with Crippen molar-refractivity contribution >= 4 is 28.4 Å². The number of aryl methyl sites for hydroxylation is 1. The van der Waals surface area contributed by atoms with Gasteiger partial charge in [0, 0.05) is 23.0 Å². The summed E-state index contributed by atoms with van der Waals surface area (Å²) in [6, 6.07) is -2.27. The molecule has 114 valence electrons. The Morgan fingerprint density at radius 2 is 2.32 bits per heavy atom. The summed E-state index contributed by atoms with van der Waals surface area (Å²) in [6.07, 6.45) is -7.52. The highest BCUT2D eigenvalue weighted by molar-refractivity contribution is 6.01. The van der Waals surface area contributed by atoms with E-state index < -0.39 is 90.0 Å². The maximum atomic E-state index is 13.5. The number of carbonyl (C=O) groups excluding carboxylic acids is 2. The van der Waals surface area contributed by atoms with E-state index in [1.807, 2.05) is 0 Å². The summed E-state index contributed by atoms with van der Waals surface area (Å²) in [5, 5.41) is 0.668. The lowest BCUT2D eigenvalue weighted by Gasteiger charge is -2.34. The number of hydrogen-bond acceptors (Lipinski definition) is 5. The Balaban J connectivity index is 2.70. The summed E-state index contributed by atoms with van der Waals surface area (Å²) in [7, 11) is 0. The average molecular weight is 311 g/mol. The van der Waals surface area contributed by atoms with Gasteiger partial charge in [-0.15, -0.1) is 0 Å². The fraction of sp³-hybridized carbons (Fsp3) is 0.333. The molecule has 0 aliphatic carbocycles. The molecule has 1 unspecified atom stereocenters. The van der Waals surface area contributed by atoms with E-state index in [0.29, 0.717) is 0 Å². The number of benzene rings is 1. The molecule has 3 rings (SSSR count). The molecule has 0 bridgehead atoms. The van der Waals surface area contributed by atoms with E-state index in [9.17, 15) is 14.4 Å². The number of amides is 2. The molecule has 1 aromatic carbocycles. The van der Waals surface area contributed by atoms with Crippen molar-refractivity contribution in [2.24, 2.45) is 0 Å². The van der Waals surface area contributed by atoms with Gasteiger partial charge >= 0.3 is 0 Å². The van der Waals surface area contributed by atoms with E-state index in [1.54, 1.807) is 0 Å². The molecule has 1 saturated heterocycles. The molecule has 1 aliphatic rings. The van der Waals surface area contributed by atoms with E-state index in [2.05, 4.69) is 4.98 Å². The van der Waals surface area contributed by atoms with Crippen LogP contribution in [0.1, 0.15) is 40.5 Å². The number of nitrogens with one attached hydrogen (secondary N) is 1. The molecule has 3 N–H and O–H groups in total. The monoisotopic (exact) mass is 311 g/mol. The third kappa shape index (κ3) is 1.89. The van der Waals surface area contributed by atoms with Crippen LogP contribution in [-0.4, -0.2) is 21.4 Å². The second-order valence-electron chi connectivity index (χ2n) is 4.42. The van der Waals surface area contributed by atoms with Crippen molar-refractivity contribution in [2.45, 2.75) is 32.0 Å². The van der Waals surface area contributed by atoms with Crippen molar-refractivity contribution in [3.05, 3.63) is 34.3 Å². The van der Waals surface area contributed by atoms with Crippen molar-refractivity contribution in [3.8, 4) is 0 Å². The molecule has 0 spiro atoms. The van der Waals surface area contributed by atoms with E-state index >= 15 is 0 Å². The van der Waals surface area contributed by atoms with Crippen LogP contribution in [0.25, 0.3) is 10.9 Å². The van der Waals surface area contributed by atoms with Gasteiger partial charge in [0.05, 0.1) is 15.0 Å². The summed E-state index contributed by atoms with van der Waals surface area (Å²) < 4.78 is 87.6. The van der Waals surface area contributed by atoms with Gasteiger partial charge < -0.3 is 5.73 Å². The van der Waals surface area contributed by atoms with Crippen LogP contribution in [0.2, 0.25) is 0 Å². The highest BCUT2D eigenvalue weighted by Crippen LogP contribution is 2.27. The van der Waals surface area contributed by atoms with Gasteiger partial charge in [0.15, 0.2) is 0 Å². The minimum Gasteiger partial charge on any atom is -0.398 e. The highest BCUT2D eigenvalue weighted by Gasteiger charge is 2.42. The molecular formula is C15H16N4O3. The normalized spacial score (nSPS) is 34.3. The second-order valence-corrected chi connectivity index (χ2v) is 4.42. The first kappa shape index (κ1) is 6.20. The third-order valence-corrected chi connectivity index (χ3v) is 3.05. The molecule has 0 radical (unpaired) electrons. The lowest BCUT2D eigenvalue weighted by Crippen LogP contribution is -2.56. The van der Waals surface area contributed by atoms with Gasteiger partial charge in [0.2, 0.25) is 5.91 Å². The van der Waals surface area contributed by atoms with E-state index in [4.69, 9.17) is 20.8 Å². The predicted molar refractivity (Wildman–Crippen MR) is 81.2 cm³/mol. The zero-order valence-corrected chi connectivity index (χ0v) is 10.9. The summed E-state index contributed by atoms with van der Waals surface area (Å²) in [5.74, 6) is -4.51.